The Morgan fingerprint density at radius 3 is 1.65 bits per heavy atom. The average Bonchev–Trinajstić information content (AvgIpc) is 4.03. The summed E-state index contributed by atoms with van der Waals surface area (Å²) in [5.74, 6) is -0.638. The molecule has 0 bridgehead atoms. The highest BCUT2D eigenvalue weighted by Crippen LogP contribution is 2.35. The minimum absolute atomic E-state index is 0.0283. The first-order chi connectivity index (χ1) is 26.9. The number of imidazole rings is 4. The summed E-state index contributed by atoms with van der Waals surface area (Å²) < 4.78 is 46.7. The van der Waals surface area contributed by atoms with Crippen molar-refractivity contribution in [2.24, 2.45) is 0 Å². The van der Waals surface area contributed by atoms with Crippen molar-refractivity contribution < 1.29 is 18.3 Å². The van der Waals surface area contributed by atoms with Gasteiger partial charge in [0.25, 0.3) is 0 Å². The molecule has 0 saturated heterocycles. The zero-order valence-electron chi connectivity index (χ0n) is 29.6. The van der Waals surface area contributed by atoms with Crippen LogP contribution in [0.4, 0.5) is 13.2 Å². The molecule has 0 fully saturated rings. The number of hydrogen-bond donors (Lipinski definition) is 1. The maximum Gasteiger partial charge on any atom is 0.144 e. The fourth-order valence-electron chi connectivity index (χ4n) is 6.47. The third-order valence-electron chi connectivity index (χ3n) is 9.26. The van der Waals surface area contributed by atoms with E-state index in [1.54, 1.807) is 45.7 Å². The maximum absolute atomic E-state index is 13.4. The van der Waals surface area contributed by atoms with Crippen LogP contribution in [0.2, 0.25) is 0 Å². The minimum Gasteiger partial charge on any atom is -0.394 e. The van der Waals surface area contributed by atoms with E-state index < -0.39 is 6.67 Å². The molecule has 0 saturated carbocycles. The summed E-state index contributed by atoms with van der Waals surface area (Å²) in [5, 5.41) is 28.4. The van der Waals surface area contributed by atoms with Crippen LogP contribution in [0.5, 0.6) is 0 Å². The predicted octanol–water partition coefficient (Wildman–Crippen LogP) is 8.05. The first kappa shape index (κ1) is 36.3. The largest absolute Gasteiger partial charge is 0.394 e. The van der Waals surface area contributed by atoms with Crippen LogP contribution in [-0.4, -0.2) is 56.3 Å². The van der Waals surface area contributed by atoms with E-state index in [0.717, 1.165) is 40.1 Å². The normalized spacial score (nSPS) is 11.6. The number of hydrogen-bond acceptors (Lipinski definition) is 7. The maximum atomic E-state index is 13.4. The molecule has 274 valence electrons. The predicted molar refractivity (Wildman–Crippen MR) is 200 cm³/mol. The Morgan fingerprint density at radius 1 is 0.673 bits per heavy atom. The van der Waals surface area contributed by atoms with E-state index in [4.69, 9.17) is 0 Å². The summed E-state index contributed by atoms with van der Waals surface area (Å²) in [6, 6.07) is 23.8. The highest BCUT2D eigenvalue weighted by atomic mass is 19.1. The van der Waals surface area contributed by atoms with Crippen molar-refractivity contribution in [2.75, 3.05) is 13.3 Å². The number of aromatic nitrogens is 8. The third kappa shape index (κ3) is 7.19. The van der Waals surface area contributed by atoms with Gasteiger partial charge in [-0.25, -0.2) is 28.7 Å². The van der Waals surface area contributed by atoms with Gasteiger partial charge in [-0.05, 0) is 85.6 Å². The monoisotopic (exact) mass is 738 g/mol. The van der Waals surface area contributed by atoms with Crippen molar-refractivity contribution >= 4 is 11.3 Å². The van der Waals surface area contributed by atoms with Gasteiger partial charge in [-0.1, -0.05) is 6.92 Å². The molecule has 0 aliphatic carbocycles. The number of benzene rings is 2. The number of halogens is 3. The molecular formula is C41H33F3N10O. The Kier molecular flexibility index (Phi) is 10.5. The van der Waals surface area contributed by atoms with Crippen molar-refractivity contribution in [1.82, 2.24) is 37.9 Å². The number of aliphatic hydroxyl groups is 1. The van der Waals surface area contributed by atoms with Crippen LogP contribution in [-0.2, 0) is 6.54 Å². The Bertz CT molecular complexity index is 2670. The molecule has 8 aromatic rings. The molecule has 0 aliphatic rings. The molecule has 14 heteroatoms. The Morgan fingerprint density at radius 2 is 1.16 bits per heavy atom. The molecule has 8 rings (SSSR count). The second-order valence-electron chi connectivity index (χ2n) is 12.6. The summed E-state index contributed by atoms with van der Waals surface area (Å²) >= 11 is 0. The van der Waals surface area contributed by atoms with E-state index in [2.05, 4.69) is 32.1 Å². The molecule has 11 nitrogen and oxygen atoms in total. The van der Waals surface area contributed by atoms with Gasteiger partial charge in [0.1, 0.15) is 46.5 Å². The lowest BCUT2D eigenvalue weighted by Crippen LogP contribution is -2.12. The van der Waals surface area contributed by atoms with Gasteiger partial charge in [-0.3, -0.25) is 13.2 Å². The standard InChI is InChI=1S/C21H18FN5O.C20H15F2N5/c1-2-17(12-28)27-13-25-20(14-3-6-16(22)7-4-14)21(27)15-5-8-19-24-10-18(9-23)26(19)11-15;21-8-1-9-26-13-25-19(14-2-5-16(22)6-3-14)20(26)15-4-7-18-24-11-17(10-23)27(18)12-15/h3-8,10-11,13,17,28H,2,12H2,1H3;2-7,11-13H,1,8-9H2. The number of rotatable bonds is 10. The van der Waals surface area contributed by atoms with E-state index in [-0.39, 0.29) is 24.3 Å². The van der Waals surface area contributed by atoms with Crippen LogP contribution in [0.1, 0.15) is 37.2 Å². The van der Waals surface area contributed by atoms with Crippen LogP contribution in [0.3, 0.4) is 0 Å². The second kappa shape index (κ2) is 15.9. The highest BCUT2D eigenvalue weighted by molar-refractivity contribution is 5.80. The molecule has 0 amide bonds. The smallest absolute Gasteiger partial charge is 0.144 e. The van der Waals surface area contributed by atoms with Gasteiger partial charge in [0.15, 0.2) is 0 Å². The van der Waals surface area contributed by atoms with Crippen LogP contribution in [0, 0.1) is 34.3 Å². The molecule has 0 aliphatic heterocycles. The van der Waals surface area contributed by atoms with Crippen molar-refractivity contribution in [1.29, 1.82) is 10.5 Å². The van der Waals surface area contributed by atoms with Gasteiger partial charge in [-0.15, -0.1) is 0 Å². The average molecular weight is 739 g/mol. The molecule has 6 heterocycles. The van der Waals surface area contributed by atoms with Crippen LogP contribution >= 0.6 is 0 Å². The van der Waals surface area contributed by atoms with E-state index in [0.29, 0.717) is 47.0 Å². The Labute approximate surface area is 313 Å². The lowest BCUT2D eigenvalue weighted by Gasteiger charge is -2.18. The lowest BCUT2D eigenvalue weighted by atomic mass is 10.0. The number of fused-ring (bicyclic) bond motifs is 2. The third-order valence-corrected chi connectivity index (χ3v) is 9.26. The van der Waals surface area contributed by atoms with E-state index in [1.165, 1.54) is 36.7 Å². The van der Waals surface area contributed by atoms with Crippen LogP contribution in [0.15, 0.2) is 110 Å². The number of alkyl halides is 1. The second-order valence-corrected chi connectivity index (χ2v) is 12.6. The summed E-state index contributed by atoms with van der Waals surface area (Å²) in [6.07, 6.45) is 11.1. The molecule has 0 radical (unpaired) electrons. The summed E-state index contributed by atoms with van der Waals surface area (Å²) in [6.45, 7) is 2.00. The zero-order chi connectivity index (χ0) is 38.5. The SMILES string of the molecule is CCC(CO)n1cnc(-c2ccc(F)cc2)c1-c1ccc2ncc(C#N)n2c1.N#Cc1cnc2ccc(-c3c(-c4ccc(F)cc4)ncn3CCCF)cn12. The van der Waals surface area contributed by atoms with Gasteiger partial charge in [0.05, 0.1) is 67.1 Å². The number of aryl methyl sites for hydroxylation is 1. The molecule has 6 aromatic heterocycles. The topological polar surface area (TPSA) is 138 Å². The summed E-state index contributed by atoms with van der Waals surface area (Å²) in [5.41, 5.74) is 8.30. The first-order valence-electron chi connectivity index (χ1n) is 17.4. The molecule has 55 heavy (non-hydrogen) atoms. The molecule has 1 N–H and O–H groups in total. The number of nitrogens with zero attached hydrogens (tertiary/aromatic N) is 10. The lowest BCUT2D eigenvalue weighted by molar-refractivity contribution is 0.225. The highest BCUT2D eigenvalue weighted by Gasteiger charge is 2.21. The van der Waals surface area contributed by atoms with Gasteiger partial charge in [0, 0.05) is 41.2 Å². The number of pyridine rings is 2. The zero-order valence-corrected chi connectivity index (χ0v) is 29.6. The molecule has 1 unspecified atom stereocenters. The van der Waals surface area contributed by atoms with Gasteiger partial charge < -0.3 is 14.2 Å². The number of aliphatic hydroxyl groups excluding tert-OH is 1. The minimum atomic E-state index is -0.428. The quantitative estimate of drug-likeness (QED) is 0.150. The van der Waals surface area contributed by atoms with Crippen molar-refractivity contribution in [3.05, 3.63) is 133 Å². The summed E-state index contributed by atoms with van der Waals surface area (Å²) in [4.78, 5) is 17.5. The van der Waals surface area contributed by atoms with Crippen molar-refractivity contribution in [3.63, 3.8) is 0 Å². The van der Waals surface area contributed by atoms with Gasteiger partial charge in [-0.2, -0.15) is 10.5 Å². The molecule has 1 atom stereocenters. The van der Waals surface area contributed by atoms with Crippen LogP contribution in [0.25, 0.3) is 56.3 Å². The van der Waals surface area contributed by atoms with E-state index in [9.17, 15) is 28.8 Å². The van der Waals surface area contributed by atoms with Gasteiger partial charge in [0.2, 0.25) is 0 Å². The summed E-state index contributed by atoms with van der Waals surface area (Å²) in [7, 11) is 0. The Hall–Kier alpha value is -7.03. The fourth-order valence-corrected chi connectivity index (χ4v) is 6.47. The van der Waals surface area contributed by atoms with Crippen molar-refractivity contribution in [3.8, 4) is 57.2 Å². The van der Waals surface area contributed by atoms with E-state index >= 15 is 0 Å². The first-order valence-corrected chi connectivity index (χ1v) is 17.4. The molecular weight excluding hydrogens is 706 g/mol. The number of nitriles is 2. The molecule has 0 spiro atoms. The van der Waals surface area contributed by atoms with Crippen molar-refractivity contribution in [2.45, 2.75) is 32.4 Å². The molecule has 2 aromatic carbocycles. The van der Waals surface area contributed by atoms with Gasteiger partial charge >= 0.3 is 0 Å². The Balaban J connectivity index is 0.000000169. The van der Waals surface area contributed by atoms with Crippen LogP contribution < -0.4 is 0 Å². The fraction of sp³-hybridized carbons (Fsp3) is 0.171. The van der Waals surface area contributed by atoms with E-state index in [1.807, 2.05) is 52.7 Å².